The summed E-state index contributed by atoms with van der Waals surface area (Å²) < 4.78 is 1.08. The van der Waals surface area contributed by atoms with E-state index >= 15 is 0 Å². The number of benzene rings is 4. The maximum Gasteiger partial charge on any atom is 0.0848 e. The second kappa shape index (κ2) is 10.6. The molecule has 0 saturated heterocycles. The molecule has 0 spiro atoms. The van der Waals surface area contributed by atoms with Crippen LogP contribution in [0, 0.1) is 0 Å². The Bertz CT molecular complexity index is 1210. The van der Waals surface area contributed by atoms with Gasteiger partial charge in [-0.25, -0.2) is 0 Å². The van der Waals surface area contributed by atoms with Gasteiger partial charge in [-0.2, -0.15) is 0 Å². The number of allylic oxidation sites excluding steroid dienone is 1. The van der Waals surface area contributed by atoms with Crippen molar-refractivity contribution >= 4 is 33.0 Å². The number of halogens is 1. The molecule has 4 aromatic carbocycles. The number of hydrogen-bond acceptors (Lipinski definition) is 3. The molecule has 1 unspecified atom stereocenters. The van der Waals surface area contributed by atoms with Gasteiger partial charge in [-0.1, -0.05) is 94.8 Å². The third kappa shape index (κ3) is 4.98. The zero-order valence-electron chi connectivity index (χ0n) is 18.9. The van der Waals surface area contributed by atoms with E-state index in [0.29, 0.717) is 0 Å². The lowest BCUT2D eigenvalue weighted by Gasteiger charge is -2.37. The fraction of sp³-hybridized carbons (Fsp3) is 0.0667. The monoisotopic (exact) mass is 509 g/mol. The van der Waals surface area contributed by atoms with Crippen molar-refractivity contribution in [2.75, 3.05) is 10.2 Å². The van der Waals surface area contributed by atoms with E-state index in [2.05, 4.69) is 154 Å². The molecule has 5 rings (SSSR count). The average Bonchev–Trinajstić information content (AvgIpc) is 2.88. The Morgan fingerprint density at radius 1 is 0.676 bits per heavy atom. The van der Waals surface area contributed by atoms with E-state index < -0.39 is 0 Å². The number of nitrogens with zero attached hydrogens (tertiary/aromatic N) is 1. The van der Waals surface area contributed by atoms with E-state index in [0.717, 1.165) is 33.7 Å². The molecular formula is C30H28BrN3. The molecule has 0 aliphatic heterocycles. The maximum absolute atomic E-state index is 3.80. The lowest BCUT2D eigenvalue weighted by molar-refractivity contribution is 0.613. The smallest absolute Gasteiger partial charge is 0.0848 e. The van der Waals surface area contributed by atoms with Crippen LogP contribution in [0.1, 0.15) is 12.0 Å². The minimum absolute atomic E-state index is 0. The summed E-state index contributed by atoms with van der Waals surface area (Å²) in [6.07, 6.45) is 7.70. The van der Waals surface area contributed by atoms with Gasteiger partial charge in [-0.3, -0.25) is 0 Å². The molecule has 1 atom stereocenters. The first-order valence-electron chi connectivity index (χ1n) is 11.1. The van der Waals surface area contributed by atoms with Crippen LogP contribution in [0.25, 0.3) is 0 Å². The Hall–Kier alpha value is -3.60. The molecular weight excluding hydrogens is 482 g/mol. The molecule has 1 aliphatic rings. The normalized spacial score (nSPS) is 16.8. The van der Waals surface area contributed by atoms with Gasteiger partial charge in [0.1, 0.15) is 0 Å². The van der Waals surface area contributed by atoms with E-state index in [1.54, 1.807) is 0 Å². The van der Waals surface area contributed by atoms with Crippen molar-refractivity contribution in [2.45, 2.75) is 12.0 Å². The Morgan fingerprint density at radius 3 is 1.71 bits per heavy atom. The fourth-order valence-corrected chi connectivity index (χ4v) is 4.57. The molecule has 4 aromatic rings. The van der Waals surface area contributed by atoms with Crippen LogP contribution >= 0.6 is 15.9 Å². The van der Waals surface area contributed by atoms with Crippen LogP contribution in [0.2, 0.25) is 0 Å². The topological polar surface area (TPSA) is 50.3 Å². The summed E-state index contributed by atoms with van der Waals surface area (Å²) in [6, 6.07) is 40.1. The molecule has 0 heterocycles. The predicted molar refractivity (Wildman–Crippen MR) is 148 cm³/mol. The van der Waals surface area contributed by atoms with Crippen molar-refractivity contribution in [3.63, 3.8) is 0 Å². The number of para-hydroxylation sites is 3. The molecule has 34 heavy (non-hydrogen) atoms. The van der Waals surface area contributed by atoms with Gasteiger partial charge in [0.2, 0.25) is 0 Å². The van der Waals surface area contributed by atoms with E-state index in [1.807, 2.05) is 6.07 Å². The molecule has 0 fully saturated rings. The quantitative estimate of drug-likeness (QED) is 0.273. The van der Waals surface area contributed by atoms with Gasteiger partial charge in [0.15, 0.2) is 0 Å². The molecule has 0 amide bonds. The van der Waals surface area contributed by atoms with Crippen LogP contribution in [0.5, 0.6) is 0 Å². The largest absolute Gasteiger partial charge is 0.372 e. The van der Waals surface area contributed by atoms with Crippen LogP contribution in [-0.4, -0.2) is 0 Å². The summed E-state index contributed by atoms with van der Waals surface area (Å²) in [5, 5.41) is 3.80. The summed E-state index contributed by atoms with van der Waals surface area (Å²) in [4.78, 5) is 2.31. The number of rotatable bonds is 6. The highest BCUT2D eigenvalue weighted by Gasteiger charge is 2.31. The molecule has 4 heteroatoms. The van der Waals surface area contributed by atoms with Crippen molar-refractivity contribution in [3.05, 3.63) is 149 Å². The third-order valence-corrected chi connectivity index (χ3v) is 6.49. The van der Waals surface area contributed by atoms with Crippen LogP contribution < -0.4 is 16.4 Å². The zero-order valence-corrected chi connectivity index (χ0v) is 20.5. The Labute approximate surface area is 210 Å². The average molecular weight is 510 g/mol. The first-order chi connectivity index (χ1) is 16.2. The van der Waals surface area contributed by atoms with Crippen LogP contribution in [-0.2, 0) is 5.54 Å². The SMILES string of the molecule is Brc1ccc(C2(Nc3ccccc3)C=CC(N(c3ccccc3)c3ccccc3)=CC2)cc1.N. The van der Waals surface area contributed by atoms with Gasteiger partial charge < -0.3 is 16.4 Å². The molecule has 3 nitrogen and oxygen atoms in total. The second-order valence-corrected chi connectivity index (χ2v) is 9.06. The van der Waals surface area contributed by atoms with Gasteiger partial charge in [-0.15, -0.1) is 0 Å². The minimum atomic E-state index is -0.329. The van der Waals surface area contributed by atoms with Gasteiger partial charge in [-0.05, 0) is 66.6 Å². The van der Waals surface area contributed by atoms with Crippen molar-refractivity contribution in [3.8, 4) is 0 Å². The van der Waals surface area contributed by atoms with Crippen LogP contribution in [0.4, 0.5) is 17.1 Å². The van der Waals surface area contributed by atoms with Gasteiger partial charge >= 0.3 is 0 Å². The predicted octanol–water partition coefficient (Wildman–Crippen LogP) is 8.60. The molecule has 170 valence electrons. The molecule has 0 bridgehead atoms. The van der Waals surface area contributed by atoms with Gasteiger partial charge in [0.25, 0.3) is 0 Å². The molecule has 0 aromatic heterocycles. The lowest BCUT2D eigenvalue weighted by atomic mass is 9.82. The molecule has 0 radical (unpaired) electrons. The highest BCUT2D eigenvalue weighted by molar-refractivity contribution is 9.10. The Kier molecular flexibility index (Phi) is 7.31. The van der Waals surface area contributed by atoms with Crippen molar-refractivity contribution in [1.82, 2.24) is 6.15 Å². The summed E-state index contributed by atoms with van der Waals surface area (Å²) in [5.41, 5.74) is 5.45. The number of hydrogen-bond donors (Lipinski definition) is 2. The zero-order chi connectivity index (χ0) is 22.5. The summed E-state index contributed by atoms with van der Waals surface area (Å²) >= 11 is 3.58. The highest BCUT2D eigenvalue weighted by atomic mass is 79.9. The molecule has 1 aliphatic carbocycles. The minimum Gasteiger partial charge on any atom is -0.372 e. The fourth-order valence-electron chi connectivity index (χ4n) is 4.30. The Balaban J connectivity index is 0.00000274. The maximum atomic E-state index is 3.80. The van der Waals surface area contributed by atoms with Crippen LogP contribution in [0.15, 0.2) is 144 Å². The standard InChI is InChI=1S/C30H25BrN2.H3N/c31-25-18-16-24(17-19-25)30(32-26-10-4-1-5-11-26)22-20-29(21-23-30)33(27-12-6-2-7-13-27)28-14-8-3-9-15-28;/h1-22,32H,23H2;1H3. The number of anilines is 3. The van der Waals surface area contributed by atoms with Crippen LogP contribution in [0.3, 0.4) is 0 Å². The third-order valence-electron chi connectivity index (χ3n) is 5.96. The lowest BCUT2D eigenvalue weighted by Crippen LogP contribution is -2.35. The van der Waals surface area contributed by atoms with E-state index in [1.165, 1.54) is 5.56 Å². The summed E-state index contributed by atoms with van der Waals surface area (Å²) in [7, 11) is 0. The Morgan fingerprint density at radius 2 is 1.21 bits per heavy atom. The van der Waals surface area contributed by atoms with Crippen molar-refractivity contribution in [2.24, 2.45) is 0 Å². The summed E-state index contributed by atoms with van der Waals surface area (Å²) in [5.74, 6) is 0. The first kappa shape index (κ1) is 23.6. The number of nitrogens with one attached hydrogen (secondary N) is 1. The molecule has 4 N–H and O–H groups in total. The highest BCUT2D eigenvalue weighted by Crippen LogP contribution is 2.39. The van der Waals surface area contributed by atoms with E-state index in [4.69, 9.17) is 0 Å². The van der Waals surface area contributed by atoms with Crippen molar-refractivity contribution in [1.29, 1.82) is 0 Å². The second-order valence-electron chi connectivity index (χ2n) is 8.14. The first-order valence-corrected chi connectivity index (χ1v) is 11.9. The summed E-state index contributed by atoms with van der Waals surface area (Å²) in [6.45, 7) is 0. The van der Waals surface area contributed by atoms with E-state index in [-0.39, 0.29) is 11.7 Å². The van der Waals surface area contributed by atoms with Crippen molar-refractivity contribution < 1.29 is 0 Å². The van der Waals surface area contributed by atoms with Gasteiger partial charge in [0, 0.05) is 27.2 Å². The van der Waals surface area contributed by atoms with Gasteiger partial charge in [0.05, 0.1) is 5.54 Å². The molecule has 0 saturated carbocycles. The van der Waals surface area contributed by atoms with E-state index in [9.17, 15) is 0 Å².